The third kappa shape index (κ3) is 4.14. The topological polar surface area (TPSA) is 61.2 Å². The quantitative estimate of drug-likeness (QED) is 0.437. The van der Waals surface area contributed by atoms with Gasteiger partial charge in [0.25, 0.3) is 5.91 Å². The molecule has 176 valence electrons. The van der Waals surface area contributed by atoms with Crippen LogP contribution in [0.2, 0.25) is 0 Å². The van der Waals surface area contributed by atoms with Crippen molar-refractivity contribution in [3.8, 4) is 0 Å². The number of piperazine rings is 1. The van der Waals surface area contributed by atoms with Gasteiger partial charge < -0.3 is 14.7 Å². The summed E-state index contributed by atoms with van der Waals surface area (Å²) in [4.78, 5) is 36.8. The molecule has 1 saturated heterocycles. The molecule has 0 saturated carbocycles. The van der Waals surface area contributed by atoms with Gasteiger partial charge in [-0.15, -0.1) is 11.3 Å². The fourth-order valence-corrected chi connectivity index (χ4v) is 5.80. The molecule has 2 amide bonds. The summed E-state index contributed by atoms with van der Waals surface area (Å²) in [6.07, 6.45) is 2.72. The maximum Gasteiger partial charge on any atom is 0.255 e. The molecule has 4 heterocycles. The molecule has 0 aliphatic carbocycles. The number of thiophene rings is 1. The van der Waals surface area contributed by atoms with Crippen LogP contribution in [0, 0.1) is 0 Å². The van der Waals surface area contributed by atoms with Gasteiger partial charge >= 0.3 is 0 Å². The van der Waals surface area contributed by atoms with Gasteiger partial charge in [-0.2, -0.15) is 0 Å². The number of carbonyl (C=O) groups is 2. The lowest BCUT2D eigenvalue weighted by atomic mass is 10.2. The van der Waals surface area contributed by atoms with Gasteiger partial charge in [0, 0.05) is 55.9 Å². The minimum atomic E-state index is -0.00467. The summed E-state index contributed by atoms with van der Waals surface area (Å²) in [5.74, 6) is 1.08. The number of aromatic nitrogens is 2. The molecule has 34 heavy (non-hydrogen) atoms. The van der Waals surface area contributed by atoms with E-state index in [4.69, 9.17) is 4.98 Å². The van der Waals surface area contributed by atoms with E-state index in [0.29, 0.717) is 31.7 Å². The molecule has 1 aromatic carbocycles. The fourth-order valence-electron chi connectivity index (χ4n) is 4.68. The van der Waals surface area contributed by atoms with Crippen LogP contribution < -0.4 is 4.90 Å². The van der Waals surface area contributed by atoms with Gasteiger partial charge in [-0.05, 0) is 36.1 Å². The summed E-state index contributed by atoms with van der Waals surface area (Å²) in [5.41, 5.74) is 2.50. The average Bonchev–Trinajstić information content (AvgIpc) is 3.43. The van der Waals surface area contributed by atoms with Crippen molar-refractivity contribution in [2.24, 2.45) is 0 Å². The van der Waals surface area contributed by atoms with E-state index in [9.17, 15) is 9.59 Å². The highest BCUT2D eigenvalue weighted by Crippen LogP contribution is 2.29. The lowest BCUT2D eigenvalue weighted by molar-refractivity contribution is -0.130. The highest BCUT2D eigenvalue weighted by molar-refractivity contribution is 7.19. The van der Waals surface area contributed by atoms with Crippen LogP contribution in [0.25, 0.3) is 15.7 Å². The van der Waals surface area contributed by atoms with Gasteiger partial charge in [0.15, 0.2) is 0 Å². The number of pyridine rings is 1. The van der Waals surface area contributed by atoms with Crippen molar-refractivity contribution in [2.75, 3.05) is 38.1 Å². The Morgan fingerprint density at radius 3 is 2.50 bits per heavy atom. The zero-order valence-electron chi connectivity index (χ0n) is 19.8. The second-order valence-corrected chi connectivity index (χ2v) is 9.95. The normalized spacial score (nSPS) is 14.2. The molecule has 1 aliphatic heterocycles. The molecule has 0 unspecified atom stereocenters. The van der Waals surface area contributed by atoms with Crippen LogP contribution in [-0.4, -0.2) is 64.2 Å². The number of hydrogen-bond acceptors (Lipinski definition) is 5. The van der Waals surface area contributed by atoms with E-state index in [0.717, 1.165) is 30.1 Å². The van der Waals surface area contributed by atoms with E-state index < -0.39 is 0 Å². The number of imidazole rings is 1. The number of rotatable bonds is 5. The predicted molar refractivity (Wildman–Crippen MR) is 137 cm³/mol. The third-order valence-electron chi connectivity index (χ3n) is 6.49. The van der Waals surface area contributed by atoms with Gasteiger partial charge in [-0.3, -0.25) is 14.0 Å². The molecule has 5 rings (SSSR count). The van der Waals surface area contributed by atoms with Crippen LogP contribution in [0.15, 0.2) is 48.7 Å². The van der Waals surface area contributed by atoms with E-state index in [2.05, 4.69) is 49.2 Å². The first-order chi connectivity index (χ1) is 16.4. The van der Waals surface area contributed by atoms with Crippen molar-refractivity contribution in [1.82, 2.24) is 19.2 Å². The second kappa shape index (κ2) is 9.10. The largest absolute Gasteiger partial charge is 0.354 e. The Bertz CT molecular complexity index is 1330. The number of carbonyl (C=O) groups excluding carboxylic acids is 2. The SMILES string of the molecule is CCc1nc2ccc(C(=O)N3CCN(C(C)=O)CC3)cn2c1N(C)Cc1cc2ccccc2s1. The molecule has 0 N–H and O–H groups in total. The molecule has 4 aromatic rings. The van der Waals surface area contributed by atoms with Crippen LogP contribution in [0.5, 0.6) is 0 Å². The highest BCUT2D eigenvalue weighted by atomic mass is 32.1. The lowest BCUT2D eigenvalue weighted by Crippen LogP contribution is -2.50. The summed E-state index contributed by atoms with van der Waals surface area (Å²) in [6, 6.07) is 14.5. The monoisotopic (exact) mass is 475 g/mol. The van der Waals surface area contributed by atoms with Gasteiger partial charge in [-0.25, -0.2) is 4.98 Å². The third-order valence-corrected chi connectivity index (χ3v) is 7.59. The molecule has 3 aromatic heterocycles. The van der Waals surface area contributed by atoms with Gasteiger partial charge in [-0.1, -0.05) is 25.1 Å². The minimum Gasteiger partial charge on any atom is -0.354 e. The molecule has 0 spiro atoms. The Morgan fingerprint density at radius 1 is 1.06 bits per heavy atom. The first-order valence-corrected chi connectivity index (χ1v) is 12.5. The van der Waals surface area contributed by atoms with Crippen molar-refractivity contribution >= 4 is 44.7 Å². The summed E-state index contributed by atoms with van der Waals surface area (Å²) in [5, 5.41) is 1.27. The number of fused-ring (bicyclic) bond motifs is 2. The van der Waals surface area contributed by atoms with Gasteiger partial charge in [0.2, 0.25) is 5.91 Å². The number of hydrogen-bond donors (Lipinski definition) is 0. The number of benzene rings is 1. The molecule has 0 radical (unpaired) electrons. The first kappa shape index (κ1) is 22.4. The predicted octanol–water partition coefficient (Wildman–Crippen LogP) is 4.05. The minimum absolute atomic E-state index is 0.00467. The van der Waals surface area contributed by atoms with Crippen molar-refractivity contribution in [2.45, 2.75) is 26.8 Å². The number of aryl methyl sites for hydroxylation is 1. The molecule has 0 atom stereocenters. The molecule has 1 fully saturated rings. The van der Waals surface area contributed by atoms with Crippen LogP contribution >= 0.6 is 11.3 Å². The molecule has 7 nitrogen and oxygen atoms in total. The molecule has 0 bridgehead atoms. The van der Waals surface area contributed by atoms with E-state index in [1.807, 2.05) is 39.0 Å². The molecule has 1 aliphatic rings. The number of amides is 2. The molecule has 8 heteroatoms. The number of anilines is 1. The average molecular weight is 476 g/mol. The maximum atomic E-state index is 13.2. The Balaban J connectivity index is 1.43. The molecular weight excluding hydrogens is 446 g/mol. The van der Waals surface area contributed by atoms with E-state index >= 15 is 0 Å². The zero-order chi connectivity index (χ0) is 23.8. The van der Waals surface area contributed by atoms with Crippen molar-refractivity contribution in [1.29, 1.82) is 0 Å². The summed E-state index contributed by atoms with van der Waals surface area (Å²) < 4.78 is 3.34. The number of nitrogens with zero attached hydrogens (tertiary/aromatic N) is 5. The second-order valence-electron chi connectivity index (χ2n) is 8.79. The fraction of sp³-hybridized carbons (Fsp3) is 0.346. The van der Waals surface area contributed by atoms with Crippen LogP contribution in [0.1, 0.15) is 34.8 Å². The molecular formula is C26H29N5O2S. The van der Waals surface area contributed by atoms with Gasteiger partial charge in [0.05, 0.1) is 17.8 Å². The smallest absolute Gasteiger partial charge is 0.255 e. The van der Waals surface area contributed by atoms with Crippen molar-refractivity contribution < 1.29 is 9.59 Å². The Hall–Kier alpha value is -3.39. The summed E-state index contributed by atoms with van der Waals surface area (Å²) >= 11 is 1.81. The Kier molecular flexibility index (Phi) is 6.00. The van der Waals surface area contributed by atoms with E-state index in [-0.39, 0.29) is 11.8 Å². The van der Waals surface area contributed by atoms with Crippen LogP contribution in [-0.2, 0) is 17.8 Å². The Labute approximate surface area is 203 Å². The van der Waals surface area contributed by atoms with Crippen LogP contribution in [0.3, 0.4) is 0 Å². The maximum absolute atomic E-state index is 13.2. The summed E-state index contributed by atoms with van der Waals surface area (Å²) in [7, 11) is 2.09. The van der Waals surface area contributed by atoms with Crippen molar-refractivity contribution in [3.63, 3.8) is 0 Å². The summed E-state index contributed by atoms with van der Waals surface area (Å²) in [6.45, 7) is 6.73. The van der Waals surface area contributed by atoms with Crippen LogP contribution in [0.4, 0.5) is 5.82 Å². The first-order valence-electron chi connectivity index (χ1n) is 11.7. The van der Waals surface area contributed by atoms with E-state index in [1.54, 1.807) is 11.8 Å². The van der Waals surface area contributed by atoms with Crippen molar-refractivity contribution in [3.05, 3.63) is 64.8 Å². The highest BCUT2D eigenvalue weighted by Gasteiger charge is 2.24. The lowest BCUT2D eigenvalue weighted by Gasteiger charge is -2.34. The van der Waals surface area contributed by atoms with Gasteiger partial charge in [0.1, 0.15) is 11.5 Å². The Morgan fingerprint density at radius 2 is 1.79 bits per heavy atom. The van der Waals surface area contributed by atoms with E-state index in [1.165, 1.54) is 15.0 Å². The standard InChI is InChI=1S/C26H29N5O2S/c1-4-22-25(28(3)17-21-15-19-7-5-6-8-23(19)34-21)31-16-20(9-10-24(31)27-22)26(33)30-13-11-29(12-14-30)18(2)32/h5-10,15-16H,4,11-14,17H2,1-3H3. The zero-order valence-corrected chi connectivity index (χ0v) is 20.6.